The Balaban J connectivity index is 2.76. The van der Waals surface area contributed by atoms with Gasteiger partial charge in [-0.05, 0) is 6.92 Å². The standard InChI is InChI=1S/C7H10N2O2/c1-2-9-5-8-4-6(9)3-7(10)11/h4-5H,2-3H2,1H3,(H,10,11). The van der Waals surface area contributed by atoms with Gasteiger partial charge < -0.3 is 9.67 Å². The van der Waals surface area contributed by atoms with Crippen molar-refractivity contribution in [3.63, 3.8) is 0 Å². The van der Waals surface area contributed by atoms with Crippen LogP contribution in [0.2, 0.25) is 0 Å². The fourth-order valence-electron chi connectivity index (χ4n) is 0.935. The van der Waals surface area contributed by atoms with Gasteiger partial charge in [0.1, 0.15) is 0 Å². The van der Waals surface area contributed by atoms with Crippen LogP contribution >= 0.6 is 0 Å². The first-order chi connectivity index (χ1) is 5.24. The van der Waals surface area contributed by atoms with Crippen molar-refractivity contribution in [1.82, 2.24) is 9.55 Å². The molecule has 0 aliphatic carbocycles. The Kier molecular flexibility index (Phi) is 2.25. The predicted octanol–water partition coefficient (Wildman–Crippen LogP) is 0.530. The molecule has 0 aromatic carbocycles. The molecule has 1 aromatic rings. The van der Waals surface area contributed by atoms with E-state index in [0.717, 1.165) is 12.2 Å². The van der Waals surface area contributed by atoms with Crippen LogP contribution < -0.4 is 0 Å². The summed E-state index contributed by atoms with van der Waals surface area (Å²) in [5.74, 6) is -0.819. The van der Waals surface area contributed by atoms with Gasteiger partial charge in [-0.25, -0.2) is 4.98 Å². The van der Waals surface area contributed by atoms with Crippen molar-refractivity contribution in [2.24, 2.45) is 0 Å². The molecule has 4 heteroatoms. The van der Waals surface area contributed by atoms with Gasteiger partial charge in [-0.3, -0.25) is 4.79 Å². The zero-order chi connectivity index (χ0) is 8.27. The fraction of sp³-hybridized carbons (Fsp3) is 0.429. The second-order valence-corrected chi connectivity index (χ2v) is 2.24. The topological polar surface area (TPSA) is 55.1 Å². The SMILES string of the molecule is CCn1cncc1CC(=O)O. The van der Waals surface area contributed by atoms with E-state index in [-0.39, 0.29) is 6.42 Å². The lowest BCUT2D eigenvalue weighted by Crippen LogP contribution is -2.06. The summed E-state index contributed by atoms with van der Waals surface area (Å²) in [6.07, 6.45) is 3.27. The minimum absolute atomic E-state index is 0.0494. The zero-order valence-electron chi connectivity index (χ0n) is 6.32. The average Bonchev–Trinajstić information content (AvgIpc) is 2.34. The molecule has 0 saturated heterocycles. The molecule has 0 spiro atoms. The molecule has 0 amide bonds. The molecular weight excluding hydrogens is 144 g/mol. The maximum Gasteiger partial charge on any atom is 0.309 e. The quantitative estimate of drug-likeness (QED) is 0.690. The van der Waals surface area contributed by atoms with Gasteiger partial charge in [-0.15, -0.1) is 0 Å². The number of aromatic nitrogens is 2. The number of carboxylic acid groups (broad SMARTS) is 1. The summed E-state index contributed by atoms with van der Waals surface area (Å²) >= 11 is 0. The van der Waals surface area contributed by atoms with Crippen LogP contribution in [0, 0.1) is 0 Å². The van der Waals surface area contributed by atoms with Crippen molar-refractivity contribution in [1.29, 1.82) is 0 Å². The third-order valence-electron chi connectivity index (χ3n) is 1.47. The van der Waals surface area contributed by atoms with Gasteiger partial charge in [0.15, 0.2) is 0 Å². The van der Waals surface area contributed by atoms with Gasteiger partial charge in [0.05, 0.1) is 12.7 Å². The summed E-state index contributed by atoms with van der Waals surface area (Å²) in [5.41, 5.74) is 0.750. The van der Waals surface area contributed by atoms with Gasteiger partial charge in [-0.2, -0.15) is 0 Å². The molecule has 4 nitrogen and oxygen atoms in total. The smallest absolute Gasteiger partial charge is 0.309 e. The van der Waals surface area contributed by atoms with Crippen molar-refractivity contribution in [3.8, 4) is 0 Å². The van der Waals surface area contributed by atoms with Crippen LogP contribution in [0.25, 0.3) is 0 Å². The lowest BCUT2D eigenvalue weighted by molar-refractivity contribution is -0.136. The highest BCUT2D eigenvalue weighted by Gasteiger charge is 2.04. The highest BCUT2D eigenvalue weighted by molar-refractivity contribution is 5.69. The number of aryl methyl sites for hydroxylation is 1. The number of rotatable bonds is 3. The van der Waals surface area contributed by atoms with Crippen molar-refractivity contribution < 1.29 is 9.90 Å². The number of carbonyl (C=O) groups is 1. The number of hydrogen-bond donors (Lipinski definition) is 1. The lowest BCUT2D eigenvalue weighted by Gasteiger charge is -2.00. The Bertz CT molecular complexity index is 255. The highest BCUT2D eigenvalue weighted by Crippen LogP contribution is 1.99. The molecule has 1 N–H and O–H groups in total. The van der Waals surface area contributed by atoms with E-state index in [1.165, 1.54) is 0 Å². The largest absolute Gasteiger partial charge is 0.481 e. The van der Waals surface area contributed by atoms with Gasteiger partial charge >= 0.3 is 5.97 Å². The van der Waals surface area contributed by atoms with Gasteiger partial charge in [0, 0.05) is 18.4 Å². The number of nitrogens with zero attached hydrogens (tertiary/aromatic N) is 2. The Morgan fingerprint density at radius 3 is 3.09 bits per heavy atom. The molecule has 0 fully saturated rings. The van der Waals surface area contributed by atoms with Crippen molar-refractivity contribution in [2.45, 2.75) is 19.9 Å². The molecule has 11 heavy (non-hydrogen) atoms. The summed E-state index contributed by atoms with van der Waals surface area (Å²) in [4.78, 5) is 14.1. The Labute approximate surface area is 64.5 Å². The van der Waals surface area contributed by atoms with E-state index in [0.29, 0.717) is 0 Å². The van der Waals surface area contributed by atoms with Crippen LogP contribution in [0.4, 0.5) is 0 Å². The molecule has 0 atom stereocenters. The van der Waals surface area contributed by atoms with Gasteiger partial charge in [0.2, 0.25) is 0 Å². The zero-order valence-corrected chi connectivity index (χ0v) is 6.32. The first-order valence-electron chi connectivity index (χ1n) is 3.45. The van der Waals surface area contributed by atoms with E-state index in [1.54, 1.807) is 12.5 Å². The van der Waals surface area contributed by atoms with Gasteiger partial charge in [0.25, 0.3) is 0 Å². The van der Waals surface area contributed by atoms with Crippen molar-refractivity contribution in [3.05, 3.63) is 18.2 Å². The Morgan fingerprint density at radius 2 is 2.55 bits per heavy atom. The first kappa shape index (κ1) is 7.78. The normalized spacial score (nSPS) is 9.91. The molecule has 0 bridgehead atoms. The molecule has 1 rings (SSSR count). The van der Waals surface area contributed by atoms with Crippen molar-refractivity contribution >= 4 is 5.97 Å². The number of hydrogen-bond acceptors (Lipinski definition) is 2. The fourth-order valence-corrected chi connectivity index (χ4v) is 0.935. The number of aliphatic carboxylic acids is 1. The molecule has 1 heterocycles. The van der Waals surface area contributed by atoms with Crippen LogP contribution in [-0.4, -0.2) is 20.6 Å². The third kappa shape index (κ3) is 1.80. The molecule has 0 radical (unpaired) electrons. The summed E-state index contributed by atoms with van der Waals surface area (Å²) in [6, 6.07) is 0. The van der Waals surface area contributed by atoms with Crippen LogP contribution in [0.3, 0.4) is 0 Å². The maximum absolute atomic E-state index is 10.3. The van der Waals surface area contributed by atoms with E-state index in [4.69, 9.17) is 5.11 Å². The highest BCUT2D eigenvalue weighted by atomic mass is 16.4. The minimum atomic E-state index is -0.819. The minimum Gasteiger partial charge on any atom is -0.481 e. The average molecular weight is 154 g/mol. The first-order valence-corrected chi connectivity index (χ1v) is 3.45. The Hall–Kier alpha value is -1.32. The number of imidazole rings is 1. The van der Waals surface area contributed by atoms with E-state index >= 15 is 0 Å². The van der Waals surface area contributed by atoms with E-state index in [2.05, 4.69) is 4.98 Å². The summed E-state index contributed by atoms with van der Waals surface area (Å²) in [7, 11) is 0. The van der Waals surface area contributed by atoms with Crippen LogP contribution in [-0.2, 0) is 17.8 Å². The Morgan fingerprint density at radius 1 is 1.82 bits per heavy atom. The molecule has 1 aromatic heterocycles. The van der Waals surface area contributed by atoms with E-state index < -0.39 is 5.97 Å². The maximum atomic E-state index is 10.3. The van der Waals surface area contributed by atoms with E-state index in [1.807, 2.05) is 11.5 Å². The molecule has 0 unspecified atom stereocenters. The molecule has 0 aliphatic heterocycles. The van der Waals surface area contributed by atoms with Crippen molar-refractivity contribution in [2.75, 3.05) is 0 Å². The molecular formula is C7H10N2O2. The summed E-state index contributed by atoms with van der Waals surface area (Å²) in [5, 5.41) is 8.46. The molecule has 0 aliphatic rings. The van der Waals surface area contributed by atoms with Crippen LogP contribution in [0.15, 0.2) is 12.5 Å². The summed E-state index contributed by atoms with van der Waals surface area (Å²) < 4.78 is 1.81. The predicted molar refractivity (Wildman–Crippen MR) is 39.2 cm³/mol. The van der Waals surface area contributed by atoms with Gasteiger partial charge in [-0.1, -0.05) is 0 Å². The molecule has 0 saturated carbocycles. The van der Waals surface area contributed by atoms with Crippen LogP contribution in [0.1, 0.15) is 12.6 Å². The third-order valence-corrected chi connectivity index (χ3v) is 1.47. The lowest BCUT2D eigenvalue weighted by atomic mass is 10.3. The summed E-state index contributed by atoms with van der Waals surface area (Å²) in [6.45, 7) is 2.72. The van der Waals surface area contributed by atoms with E-state index in [9.17, 15) is 4.79 Å². The molecule has 60 valence electrons. The second kappa shape index (κ2) is 3.18. The van der Waals surface area contributed by atoms with Crippen LogP contribution in [0.5, 0.6) is 0 Å². The second-order valence-electron chi connectivity index (χ2n) is 2.24. The number of carboxylic acids is 1. The monoisotopic (exact) mass is 154 g/mol.